The minimum atomic E-state index is -0.620. The van der Waals surface area contributed by atoms with Gasteiger partial charge in [0.2, 0.25) is 0 Å². The number of hydrogen-bond donors (Lipinski definition) is 3. The summed E-state index contributed by atoms with van der Waals surface area (Å²) < 4.78 is 0. The average molecular weight is 142 g/mol. The molecule has 4 N–H and O–H groups in total. The van der Waals surface area contributed by atoms with Crippen LogP contribution in [0.25, 0.3) is 0 Å². The number of halogens is 1. The molecule has 0 bridgehead atoms. The van der Waals surface area contributed by atoms with Gasteiger partial charge in [0.05, 0.1) is 12.7 Å². The number of hydrogen-bond acceptors (Lipinski definition) is 3. The molecule has 0 saturated heterocycles. The first kappa shape index (κ1) is 11.0. The van der Waals surface area contributed by atoms with E-state index in [0.29, 0.717) is 13.0 Å². The number of nitrogens with two attached hydrogens (primary N) is 1. The van der Waals surface area contributed by atoms with Gasteiger partial charge in [0.25, 0.3) is 0 Å². The Morgan fingerprint density at radius 2 is 2.00 bits per heavy atom. The Morgan fingerprint density at radius 1 is 1.50 bits per heavy atom. The molecule has 0 aliphatic heterocycles. The van der Waals surface area contributed by atoms with E-state index in [4.69, 9.17) is 15.9 Å². The topological polar surface area (TPSA) is 66.5 Å². The summed E-state index contributed by atoms with van der Waals surface area (Å²) >= 11 is 0. The van der Waals surface area contributed by atoms with Crippen LogP contribution in [0, 0.1) is 0 Å². The van der Waals surface area contributed by atoms with Gasteiger partial charge in [-0.1, -0.05) is 0 Å². The van der Waals surface area contributed by atoms with Crippen molar-refractivity contribution in [2.75, 3.05) is 13.2 Å². The van der Waals surface area contributed by atoms with Gasteiger partial charge in [-0.25, -0.2) is 0 Å². The summed E-state index contributed by atoms with van der Waals surface area (Å²) in [6, 6.07) is 0. The second-order valence-electron chi connectivity index (χ2n) is 1.41. The summed E-state index contributed by atoms with van der Waals surface area (Å²) in [5.74, 6) is 0. The van der Waals surface area contributed by atoms with Gasteiger partial charge in [0, 0.05) is 0 Å². The molecule has 0 aromatic rings. The zero-order valence-corrected chi connectivity index (χ0v) is 5.40. The largest absolute Gasteiger partial charge is 0.394 e. The smallest absolute Gasteiger partial charge is 0.0782 e. The van der Waals surface area contributed by atoms with Gasteiger partial charge in [0.15, 0.2) is 0 Å². The number of aliphatic hydroxyl groups is 2. The van der Waals surface area contributed by atoms with Crippen molar-refractivity contribution in [3.8, 4) is 0 Å². The average Bonchev–Trinajstić information content (AvgIpc) is 1.68. The molecule has 0 unspecified atom stereocenters. The molecule has 0 aromatic heterocycles. The summed E-state index contributed by atoms with van der Waals surface area (Å²) in [5, 5.41) is 16.7. The van der Waals surface area contributed by atoms with Crippen molar-refractivity contribution in [2.45, 2.75) is 12.5 Å². The molecule has 0 aliphatic carbocycles. The monoisotopic (exact) mass is 141 g/mol. The number of rotatable bonds is 3. The Balaban J connectivity index is 0. The highest BCUT2D eigenvalue weighted by atomic mass is 35.5. The van der Waals surface area contributed by atoms with Crippen LogP contribution in [0.1, 0.15) is 6.42 Å². The highest BCUT2D eigenvalue weighted by Gasteiger charge is 1.96. The highest BCUT2D eigenvalue weighted by Crippen LogP contribution is 1.83. The molecule has 8 heavy (non-hydrogen) atoms. The van der Waals surface area contributed by atoms with E-state index < -0.39 is 6.10 Å². The second-order valence-corrected chi connectivity index (χ2v) is 1.41. The van der Waals surface area contributed by atoms with Crippen molar-refractivity contribution in [1.29, 1.82) is 0 Å². The van der Waals surface area contributed by atoms with Gasteiger partial charge in [0.1, 0.15) is 0 Å². The van der Waals surface area contributed by atoms with Gasteiger partial charge < -0.3 is 15.9 Å². The first-order chi connectivity index (χ1) is 3.31. The van der Waals surface area contributed by atoms with Crippen LogP contribution in [0.5, 0.6) is 0 Å². The molecule has 3 nitrogen and oxygen atoms in total. The SMILES string of the molecule is Cl.NCC[C@@H](O)CO. The van der Waals surface area contributed by atoms with E-state index in [1.807, 2.05) is 0 Å². The van der Waals surface area contributed by atoms with Crippen LogP contribution in [-0.2, 0) is 0 Å². The molecule has 0 radical (unpaired) electrons. The molecule has 52 valence electrons. The quantitative estimate of drug-likeness (QED) is 0.478. The van der Waals surface area contributed by atoms with E-state index in [-0.39, 0.29) is 19.0 Å². The summed E-state index contributed by atoms with van der Waals surface area (Å²) in [6.45, 7) is 0.249. The Bertz CT molecular complexity index is 45.0. The second kappa shape index (κ2) is 7.17. The Hall–Kier alpha value is 0.170. The Kier molecular flexibility index (Phi) is 9.89. The summed E-state index contributed by atoms with van der Waals surface area (Å²) in [6.07, 6.45) is -0.138. The molecule has 0 spiro atoms. The van der Waals surface area contributed by atoms with Gasteiger partial charge in [-0.3, -0.25) is 0 Å². The third-order valence-electron chi connectivity index (χ3n) is 0.711. The van der Waals surface area contributed by atoms with Crippen LogP contribution in [0.15, 0.2) is 0 Å². The summed E-state index contributed by atoms with van der Waals surface area (Å²) in [5.41, 5.74) is 5.03. The molecule has 0 amide bonds. The third-order valence-corrected chi connectivity index (χ3v) is 0.711. The standard InChI is InChI=1S/C4H11NO2.ClH/c5-2-1-4(7)3-6;/h4,6-7H,1-3,5H2;1H/t4-;/m1./s1. The van der Waals surface area contributed by atoms with Crippen molar-refractivity contribution in [3.05, 3.63) is 0 Å². The fourth-order valence-electron chi connectivity index (χ4n) is 0.284. The first-order valence-corrected chi connectivity index (χ1v) is 2.30. The van der Waals surface area contributed by atoms with Crippen LogP contribution in [-0.4, -0.2) is 29.5 Å². The minimum Gasteiger partial charge on any atom is -0.394 e. The van der Waals surface area contributed by atoms with Crippen LogP contribution in [0.4, 0.5) is 0 Å². The predicted molar refractivity (Wildman–Crippen MR) is 34.0 cm³/mol. The molecule has 1 atom stereocenters. The van der Waals surface area contributed by atoms with Crippen molar-refractivity contribution >= 4 is 12.4 Å². The van der Waals surface area contributed by atoms with Crippen LogP contribution in [0.2, 0.25) is 0 Å². The first-order valence-electron chi connectivity index (χ1n) is 2.30. The van der Waals surface area contributed by atoms with Crippen LogP contribution < -0.4 is 5.73 Å². The third kappa shape index (κ3) is 6.17. The van der Waals surface area contributed by atoms with Crippen molar-refractivity contribution in [3.63, 3.8) is 0 Å². The predicted octanol–water partition coefficient (Wildman–Crippen LogP) is -0.890. The maximum atomic E-state index is 8.53. The fourth-order valence-corrected chi connectivity index (χ4v) is 0.284. The van der Waals surface area contributed by atoms with E-state index in [1.54, 1.807) is 0 Å². The molecule has 0 aromatic carbocycles. The molecule has 0 fully saturated rings. The minimum absolute atomic E-state index is 0. The summed E-state index contributed by atoms with van der Waals surface area (Å²) in [7, 11) is 0. The lowest BCUT2D eigenvalue weighted by Gasteiger charge is -2.01. The zero-order valence-electron chi connectivity index (χ0n) is 4.58. The fraction of sp³-hybridized carbons (Fsp3) is 1.00. The van der Waals surface area contributed by atoms with E-state index in [1.165, 1.54) is 0 Å². The Morgan fingerprint density at radius 3 is 2.12 bits per heavy atom. The lowest BCUT2D eigenvalue weighted by molar-refractivity contribution is 0.0902. The van der Waals surface area contributed by atoms with Crippen LogP contribution in [0.3, 0.4) is 0 Å². The van der Waals surface area contributed by atoms with Crippen molar-refractivity contribution in [2.24, 2.45) is 5.73 Å². The van der Waals surface area contributed by atoms with Gasteiger partial charge in [-0.2, -0.15) is 0 Å². The lowest BCUT2D eigenvalue weighted by Crippen LogP contribution is -2.16. The van der Waals surface area contributed by atoms with Crippen LogP contribution >= 0.6 is 12.4 Å². The van der Waals surface area contributed by atoms with Gasteiger partial charge >= 0.3 is 0 Å². The maximum absolute atomic E-state index is 8.53. The number of aliphatic hydroxyl groups excluding tert-OH is 2. The highest BCUT2D eigenvalue weighted by molar-refractivity contribution is 5.85. The lowest BCUT2D eigenvalue weighted by atomic mass is 10.3. The molecule has 0 saturated carbocycles. The molecule has 0 aliphatic rings. The van der Waals surface area contributed by atoms with Crippen molar-refractivity contribution < 1.29 is 10.2 Å². The van der Waals surface area contributed by atoms with E-state index in [2.05, 4.69) is 0 Å². The van der Waals surface area contributed by atoms with E-state index in [9.17, 15) is 0 Å². The zero-order chi connectivity index (χ0) is 5.70. The molecular weight excluding hydrogens is 130 g/mol. The van der Waals surface area contributed by atoms with Gasteiger partial charge in [-0.05, 0) is 13.0 Å². The summed E-state index contributed by atoms with van der Waals surface area (Å²) in [4.78, 5) is 0. The normalized spacial score (nSPS) is 12.4. The molecule has 0 heterocycles. The van der Waals surface area contributed by atoms with E-state index in [0.717, 1.165) is 0 Å². The molecular formula is C4H12ClNO2. The molecule has 0 rings (SSSR count). The van der Waals surface area contributed by atoms with Crippen molar-refractivity contribution in [1.82, 2.24) is 0 Å². The molecule has 4 heteroatoms. The Labute approximate surface area is 54.9 Å². The maximum Gasteiger partial charge on any atom is 0.0782 e. The van der Waals surface area contributed by atoms with Gasteiger partial charge in [-0.15, -0.1) is 12.4 Å². The van der Waals surface area contributed by atoms with E-state index >= 15 is 0 Å².